The van der Waals surface area contributed by atoms with Gasteiger partial charge in [0.05, 0.1) is 12.5 Å². The number of halogens is 1. The largest absolute Gasteiger partial charge is 0.468 e. The lowest BCUT2D eigenvalue weighted by atomic mass is 9.76. The smallest absolute Gasteiger partial charge is 0.315 e. The van der Waals surface area contributed by atoms with E-state index in [1.165, 1.54) is 7.11 Å². The van der Waals surface area contributed by atoms with Crippen LogP contribution in [0.2, 0.25) is 0 Å². The number of benzene rings is 1. The van der Waals surface area contributed by atoms with Crippen LogP contribution in [-0.4, -0.2) is 24.8 Å². The van der Waals surface area contributed by atoms with Crippen LogP contribution in [0.5, 0.6) is 0 Å². The number of hydrogen-bond acceptors (Lipinski definition) is 3. The molecule has 1 aromatic carbocycles. The zero-order valence-electron chi connectivity index (χ0n) is 13.3. The molecule has 1 rings (SSSR count). The van der Waals surface area contributed by atoms with Gasteiger partial charge in [0, 0.05) is 11.1 Å². The minimum absolute atomic E-state index is 0.117. The molecule has 1 unspecified atom stereocenters. The highest BCUT2D eigenvalue weighted by Gasteiger charge is 2.36. The Bertz CT molecular complexity index is 485. The summed E-state index contributed by atoms with van der Waals surface area (Å²) < 4.78 is 5.96. The molecule has 0 saturated carbocycles. The highest BCUT2D eigenvalue weighted by Crippen LogP contribution is 2.34. The van der Waals surface area contributed by atoms with E-state index in [4.69, 9.17) is 4.74 Å². The zero-order chi connectivity index (χ0) is 16.1. The Morgan fingerprint density at radius 3 is 2.48 bits per heavy atom. The molecule has 0 heterocycles. The van der Waals surface area contributed by atoms with Crippen molar-refractivity contribution in [3.05, 3.63) is 34.3 Å². The first-order valence-electron chi connectivity index (χ1n) is 7.20. The van der Waals surface area contributed by atoms with Gasteiger partial charge in [-0.1, -0.05) is 48.3 Å². The molecule has 3 nitrogen and oxygen atoms in total. The molecule has 1 aromatic rings. The Labute approximate surface area is 135 Å². The van der Waals surface area contributed by atoms with Crippen LogP contribution in [0.15, 0.2) is 28.7 Å². The van der Waals surface area contributed by atoms with Crippen molar-refractivity contribution in [3.63, 3.8) is 0 Å². The molecule has 0 radical (unpaired) electrons. The lowest BCUT2D eigenvalue weighted by Crippen LogP contribution is -2.34. The van der Waals surface area contributed by atoms with Crippen LogP contribution < -0.4 is 0 Å². The van der Waals surface area contributed by atoms with E-state index in [9.17, 15) is 9.90 Å². The third-order valence-electron chi connectivity index (χ3n) is 4.06. The second kappa shape index (κ2) is 7.41. The molecule has 21 heavy (non-hydrogen) atoms. The summed E-state index contributed by atoms with van der Waals surface area (Å²) in [5, 5.41) is 9.33. The summed E-state index contributed by atoms with van der Waals surface area (Å²) in [6.07, 6.45) is 2.41. The summed E-state index contributed by atoms with van der Waals surface area (Å²) in [5.41, 5.74) is 0.170. The monoisotopic (exact) mass is 356 g/mol. The molecule has 1 N–H and O–H groups in total. The minimum atomic E-state index is -0.663. The Hall–Kier alpha value is -0.870. The number of carbonyl (C=O) groups is 1. The maximum absolute atomic E-state index is 12.3. The van der Waals surface area contributed by atoms with Gasteiger partial charge in [-0.25, -0.2) is 0 Å². The first-order chi connectivity index (χ1) is 9.75. The molecule has 1 atom stereocenters. The van der Waals surface area contributed by atoms with E-state index in [2.05, 4.69) is 15.9 Å². The van der Waals surface area contributed by atoms with Crippen molar-refractivity contribution in [2.45, 2.75) is 45.4 Å². The van der Waals surface area contributed by atoms with Crippen molar-refractivity contribution < 1.29 is 14.6 Å². The fourth-order valence-electron chi connectivity index (χ4n) is 2.42. The van der Waals surface area contributed by atoms with Gasteiger partial charge in [-0.2, -0.15) is 0 Å². The third kappa shape index (κ3) is 4.82. The molecule has 0 amide bonds. The van der Waals surface area contributed by atoms with E-state index in [0.29, 0.717) is 6.42 Å². The normalized spacial score (nSPS) is 14.6. The van der Waals surface area contributed by atoms with Crippen molar-refractivity contribution in [2.75, 3.05) is 13.7 Å². The van der Waals surface area contributed by atoms with Gasteiger partial charge >= 0.3 is 5.97 Å². The summed E-state index contributed by atoms with van der Waals surface area (Å²) in [7, 11) is 1.43. The van der Waals surface area contributed by atoms with Crippen LogP contribution in [-0.2, 0) is 14.9 Å². The van der Waals surface area contributed by atoms with Crippen LogP contribution >= 0.6 is 15.9 Å². The number of carbonyl (C=O) groups excluding carboxylic acids is 1. The first-order valence-corrected chi connectivity index (χ1v) is 8.00. The highest BCUT2D eigenvalue weighted by molar-refractivity contribution is 9.10. The summed E-state index contributed by atoms with van der Waals surface area (Å²) >= 11 is 3.45. The van der Waals surface area contributed by atoms with Gasteiger partial charge in [0.15, 0.2) is 0 Å². The maximum Gasteiger partial charge on any atom is 0.315 e. The Morgan fingerprint density at radius 1 is 1.29 bits per heavy atom. The second-order valence-electron chi connectivity index (χ2n) is 6.51. The average Bonchev–Trinajstić information content (AvgIpc) is 2.46. The lowest BCUT2D eigenvalue weighted by molar-refractivity contribution is -0.147. The molecule has 0 aliphatic heterocycles. The Kier molecular flexibility index (Phi) is 6.41. The number of aliphatic hydroxyl groups is 1. The molecule has 118 valence electrons. The fraction of sp³-hybridized carbons (Fsp3) is 0.588. The second-order valence-corrected chi connectivity index (χ2v) is 7.43. The highest BCUT2D eigenvalue weighted by atomic mass is 79.9. The van der Waals surface area contributed by atoms with Gasteiger partial charge in [-0.3, -0.25) is 4.79 Å². The SMILES string of the molecule is COC(=O)C(C)(CCCC(C)(C)CO)c1cccc(Br)c1. The quantitative estimate of drug-likeness (QED) is 0.749. The Morgan fingerprint density at radius 2 is 1.95 bits per heavy atom. The lowest BCUT2D eigenvalue weighted by Gasteiger charge is -2.29. The molecule has 0 saturated heterocycles. The predicted octanol–water partition coefficient (Wildman–Crippen LogP) is 4.07. The van der Waals surface area contributed by atoms with Gasteiger partial charge in [0.25, 0.3) is 0 Å². The number of esters is 1. The van der Waals surface area contributed by atoms with E-state index in [-0.39, 0.29) is 18.0 Å². The molecule has 0 fully saturated rings. The van der Waals surface area contributed by atoms with Crippen LogP contribution in [0, 0.1) is 5.41 Å². The molecule has 0 aromatic heterocycles. The molecule has 4 heteroatoms. The fourth-order valence-corrected chi connectivity index (χ4v) is 2.82. The molecule has 0 aliphatic rings. The molecule has 0 bridgehead atoms. The van der Waals surface area contributed by atoms with Crippen molar-refractivity contribution >= 4 is 21.9 Å². The van der Waals surface area contributed by atoms with Gasteiger partial charge in [0.2, 0.25) is 0 Å². The van der Waals surface area contributed by atoms with Gasteiger partial charge in [-0.15, -0.1) is 0 Å². The number of aliphatic hydroxyl groups excluding tert-OH is 1. The summed E-state index contributed by atoms with van der Waals surface area (Å²) in [6, 6.07) is 7.79. The maximum atomic E-state index is 12.3. The molecular weight excluding hydrogens is 332 g/mol. The summed E-state index contributed by atoms with van der Waals surface area (Å²) in [6.45, 7) is 6.13. The number of ether oxygens (including phenoxy) is 1. The van der Waals surface area contributed by atoms with E-state index in [0.717, 1.165) is 22.9 Å². The van der Waals surface area contributed by atoms with Crippen LogP contribution in [0.4, 0.5) is 0 Å². The van der Waals surface area contributed by atoms with Crippen LogP contribution in [0.3, 0.4) is 0 Å². The van der Waals surface area contributed by atoms with Gasteiger partial charge in [0.1, 0.15) is 0 Å². The van der Waals surface area contributed by atoms with Gasteiger partial charge < -0.3 is 9.84 Å². The van der Waals surface area contributed by atoms with E-state index >= 15 is 0 Å². The molecule has 0 aliphatic carbocycles. The van der Waals surface area contributed by atoms with Crippen molar-refractivity contribution in [1.82, 2.24) is 0 Å². The summed E-state index contributed by atoms with van der Waals surface area (Å²) in [5.74, 6) is -0.220. The third-order valence-corrected chi connectivity index (χ3v) is 4.55. The van der Waals surface area contributed by atoms with Gasteiger partial charge in [-0.05, 0) is 42.9 Å². The number of hydrogen-bond donors (Lipinski definition) is 1. The summed E-state index contributed by atoms with van der Waals surface area (Å²) in [4.78, 5) is 12.3. The van der Waals surface area contributed by atoms with Crippen molar-refractivity contribution in [1.29, 1.82) is 0 Å². The van der Waals surface area contributed by atoms with Crippen LogP contribution in [0.1, 0.15) is 45.6 Å². The van der Waals surface area contributed by atoms with E-state index in [1.807, 2.05) is 45.0 Å². The predicted molar refractivity (Wildman–Crippen MR) is 88.2 cm³/mol. The topological polar surface area (TPSA) is 46.5 Å². The zero-order valence-corrected chi connectivity index (χ0v) is 14.9. The van der Waals surface area contributed by atoms with Crippen molar-refractivity contribution in [2.24, 2.45) is 5.41 Å². The Balaban J connectivity index is 2.92. The van der Waals surface area contributed by atoms with E-state index < -0.39 is 5.41 Å². The standard InChI is InChI=1S/C17H25BrO3/c1-16(2,12-19)9-6-10-17(3,15(20)21-4)13-7-5-8-14(18)11-13/h5,7-8,11,19H,6,9-10,12H2,1-4H3. The molecular formula is C17H25BrO3. The number of methoxy groups -OCH3 is 1. The van der Waals surface area contributed by atoms with Crippen molar-refractivity contribution in [3.8, 4) is 0 Å². The number of rotatable bonds is 7. The first kappa shape index (κ1) is 18.2. The minimum Gasteiger partial charge on any atom is -0.468 e. The van der Waals surface area contributed by atoms with Crippen LogP contribution in [0.25, 0.3) is 0 Å². The average molecular weight is 357 g/mol. The molecule has 0 spiro atoms. The van der Waals surface area contributed by atoms with E-state index in [1.54, 1.807) is 0 Å².